The van der Waals surface area contributed by atoms with E-state index in [1.54, 1.807) is 24.3 Å². The smallest absolute Gasteiger partial charge is 0.324 e. The lowest BCUT2D eigenvalue weighted by molar-refractivity contribution is -0.137. The molecule has 12 heteroatoms. The molecule has 4 aromatic rings. The molecule has 1 aromatic heterocycles. The number of sulfonamides is 1. The second-order valence-electron chi connectivity index (χ2n) is 7.29. The predicted octanol–water partition coefficient (Wildman–Crippen LogP) is 3.79. The molecule has 1 amide bonds. The van der Waals surface area contributed by atoms with Crippen molar-refractivity contribution in [1.29, 1.82) is 0 Å². The van der Waals surface area contributed by atoms with Crippen LogP contribution in [0, 0.1) is 0 Å². The molecule has 0 saturated heterocycles. The van der Waals surface area contributed by atoms with Gasteiger partial charge in [-0.1, -0.05) is 24.3 Å². The number of imidazole rings is 1. The second kappa shape index (κ2) is 8.71. The summed E-state index contributed by atoms with van der Waals surface area (Å²) in [5, 5.41) is 2.52. The first-order chi connectivity index (χ1) is 16.0. The lowest BCUT2D eigenvalue weighted by atomic mass is 10.2. The zero-order valence-electron chi connectivity index (χ0n) is 17.3. The quantitative estimate of drug-likeness (QED) is 0.382. The molecule has 176 valence electrons. The Bertz CT molecular complexity index is 1540. The van der Waals surface area contributed by atoms with Crippen LogP contribution in [0.2, 0.25) is 0 Å². The second-order valence-corrected chi connectivity index (χ2v) is 8.98. The van der Waals surface area contributed by atoms with Crippen LogP contribution in [0.25, 0.3) is 11.0 Å². The summed E-state index contributed by atoms with van der Waals surface area (Å²) in [7, 11) is -4.25. The normalized spacial score (nSPS) is 12.0. The molecule has 0 atom stereocenters. The predicted molar refractivity (Wildman–Crippen MR) is 120 cm³/mol. The van der Waals surface area contributed by atoms with Gasteiger partial charge < -0.3 is 10.3 Å². The number of hydrogen-bond donors (Lipinski definition) is 3. The number of aromatic nitrogens is 2. The largest absolute Gasteiger partial charge is 0.416 e. The lowest BCUT2D eigenvalue weighted by Crippen LogP contribution is -2.26. The van der Waals surface area contributed by atoms with Gasteiger partial charge in [-0.15, -0.1) is 0 Å². The molecule has 0 aliphatic heterocycles. The topological polar surface area (TPSA) is 113 Å². The SMILES string of the molecule is O=C(Cn1c(=O)[nH]c2ccccc21)Nc1cccc(S(=O)(=O)Nc2cccc(C(F)(F)F)c2)c1. The number of halogens is 3. The standard InChI is InChI=1S/C22H17F3N4O4S/c23-22(24,25)14-5-3-7-16(11-14)28-34(32,33)17-8-4-6-15(12-17)26-20(30)13-29-19-10-2-1-9-18(19)27-21(29)31/h1-12,28H,13H2,(H,26,30)(H,27,31). The van der Waals surface area contributed by atoms with Gasteiger partial charge in [0, 0.05) is 11.4 Å². The monoisotopic (exact) mass is 490 g/mol. The average molecular weight is 490 g/mol. The van der Waals surface area contributed by atoms with Crippen LogP contribution in [-0.4, -0.2) is 23.9 Å². The summed E-state index contributed by atoms with van der Waals surface area (Å²) in [6.07, 6.45) is -4.63. The van der Waals surface area contributed by atoms with Crippen molar-refractivity contribution < 1.29 is 26.4 Å². The number of alkyl halides is 3. The third-order valence-corrected chi connectivity index (χ3v) is 6.23. The molecule has 0 bridgehead atoms. The van der Waals surface area contributed by atoms with Gasteiger partial charge in [-0.3, -0.25) is 14.1 Å². The molecule has 4 rings (SSSR count). The highest BCUT2D eigenvalue weighted by Gasteiger charge is 2.30. The Morgan fingerprint density at radius 2 is 1.65 bits per heavy atom. The molecule has 0 saturated carbocycles. The molecule has 8 nitrogen and oxygen atoms in total. The van der Waals surface area contributed by atoms with E-state index in [0.717, 1.165) is 18.2 Å². The molecular formula is C22H17F3N4O4S. The van der Waals surface area contributed by atoms with Gasteiger partial charge in [0.15, 0.2) is 0 Å². The number of amides is 1. The van der Waals surface area contributed by atoms with Crippen LogP contribution in [0.1, 0.15) is 5.56 Å². The zero-order chi connectivity index (χ0) is 24.5. The van der Waals surface area contributed by atoms with E-state index in [1.165, 1.54) is 28.8 Å². The number of nitrogens with one attached hydrogen (secondary N) is 3. The molecule has 34 heavy (non-hydrogen) atoms. The number of H-pyrrole nitrogens is 1. The van der Waals surface area contributed by atoms with E-state index in [1.807, 2.05) is 0 Å². The average Bonchev–Trinajstić information content (AvgIpc) is 3.08. The number of para-hydroxylation sites is 2. The molecule has 0 aliphatic carbocycles. The first-order valence-electron chi connectivity index (χ1n) is 9.80. The zero-order valence-corrected chi connectivity index (χ0v) is 18.1. The first-order valence-corrected chi connectivity index (χ1v) is 11.3. The summed E-state index contributed by atoms with van der Waals surface area (Å²) in [6, 6.07) is 15.8. The van der Waals surface area contributed by atoms with Gasteiger partial charge >= 0.3 is 11.9 Å². The number of rotatable bonds is 6. The fourth-order valence-electron chi connectivity index (χ4n) is 3.32. The van der Waals surface area contributed by atoms with Crippen molar-refractivity contribution in [2.45, 2.75) is 17.6 Å². The number of carbonyl (C=O) groups excluding carboxylic acids is 1. The van der Waals surface area contributed by atoms with Gasteiger partial charge in [0.05, 0.1) is 21.5 Å². The van der Waals surface area contributed by atoms with Crippen LogP contribution in [0.3, 0.4) is 0 Å². The number of anilines is 2. The highest BCUT2D eigenvalue weighted by molar-refractivity contribution is 7.92. The molecule has 3 aromatic carbocycles. The van der Waals surface area contributed by atoms with Crippen molar-refractivity contribution in [3.63, 3.8) is 0 Å². The molecule has 0 radical (unpaired) electrons. The highest BCUT2D eigenvalue weighted by Crippen LogP contribution is 2.31. The third-order valence-electron chi connectivity index (χ3n) is 4.85. The van der Waals surface area contributed by atoms with E-state index >= 15 is 0 Å². The summed E-state index contributed by atoms with van der Waals surface area (Å²) >= 11 is 0. The number of aromatic amines is 1. The van der Waals surface area contributed by atoms with Crippen molar-refractivity contribution >= 4 is 38.3 Å². The minimum absolute atomic E-state index is 0.129. The third kappa shape index (κ3) is 4.96. The van der Waals surface area contributed by atoms with Crippen LogP contribution in [0.4, 0.5) is 24.5 Å². The Labute approximate surface area is 191 Å². The van der Waals surface area contributed by atoms with Gasteiger partial charge in [0.25, 0.3) is 10.0 Å². The Balaban J connectivity index is 1.52. The van der Waals surface area contributed by atoms with E-state index in [0.29, 0.717) is 17.1 Å². The number of benzene rings is 3. The molecule has 0 spiro atoms. The van der Waals surface area contributed by atoms with Crippen LogP contribution < -0.4 is 15.7 Å². The van der Waals surface area contributed by atoms with E-state index in [9.17, 15) is 31.2 Å². The molecule has 0 unspecified atom stereocenters. The fraction of sp³-hybridized carbons (Fsp3) is 0.0909. The van der Waals surface area contributed by atoms with Gasteiger partial charge in [0.1, 0.15) is 6.54 Å². The van der Waals surface area contributed by atoms with Gasteiger partial charge in [-0.2, -0.15) is 13.2 Å². The number of fused-ring (bicyclic) bond motifs is 1. The van der Waals surface area contributed by atoms with E-state index < -0.39 is 33.4 Å². The number of hydrogen-bond acceptors (Lipinski definition) is 4. The molecule has 0 fully saturated rings. The van der Waals surface area contributed by atoms with Crippen molar-refractivity contribution in [3.05, 3.63) is 88.8 Å². The Hall–Kier alpha value is -4.06. The Morgan fingerprint density at radius 3 is 2.41 bits per heavy atom. The van der Waals surface area contributed by atoms with E-state index in [-0.39, 0.29) is 22.8 Å². The van der Waals surface area contributed by atoms with Crippen LogP contribution in [0.5, 0.6) is 0 Å². The van der Waals surface area contributed by atoms with E-state index in [2.05, 4.69) is 15.0 Å². The number of carbonyl (C=O) groups is 1. The maximum Gasteiger partial charge on any atom is 0.416 e. The summed E-state index contributed by atoms with van der Waals surface area (Å²) < 4.78 is 67.4. The summed E-state index contributed by atoms with van der Waals surface area (Å²) in [5.41, 5.74) is -0.509. The summed E-state index contributed by atoms with van der Waals surface area (Å²) in [5.74, 6) is -0.577. The van der Waals surface area contributed by atoms with Crippen LogP contribution in [-0.2, 0) is 27.5 Å². The molecule has 1 heterocycles. The maximum absolute atomic E-state index is 12.9. The van der Waals surface area contributed by atoms with Crippen molar-refractivity contribution in [2.24, 2.45) is 0 Å². The summed E-state index contributed by atoms with van der Waals surface area (Å²) in [4.78, 5) is 27.0. The number of nitrogens with zero attached hydrogens (tertiary/aromatic N) is 1. The minimum Gasteiger partial charge on any atom is -0.324 e. The van der Waals surface area contributed by atoms with Crippen molar-refractivity contribution in [1.82, 2.24) is 9.55 Å². The van der Waals surface area contributed by atoms with Crippen molar-refractivity contribution in [2.75, 3.05) is 10.0 Å². The fourth-order valence-corrected chi connectivity index (χ4v) is 4.42. The maximum atomic E-state index is 12.9. The Kier molecular flexibility index (Phi) is 5.92. The molecule has 0 aliphatic rings. The first kappa shape index (κ1) is 23.1. The molecule has 3 N–H and O–H groups in total. The lowest BCUT2D eigenvalue weighted by Gasteiger charge is -2.12. The van der Waals surface area contributed by atoms with Crippen LogP contribution >= 0.6 is 0 Å². The minimum atomic E-state index is -4.63. The van der Waals surface area contributed by atoms with E-state index in [4.69, 9.17) is 0 Å². The van der Waals surface area contributed by atoms with Gasteiger partial charge in [-0.05, 0) is 48.5 Å². The Morgan fingerprint density at radius 1 is 0.941 bits per heavy atom. The van der Waals surface area contributed by atoms with Gasteiger partial charge in [0.2, 0.25) is 5.91 Å². The summed E-state index contributed by atoms with van der Waals surface area (Å²) in [6.45, 7) is -0.317. The molecular weight excluding hydrogens is 473 g/mol. The van der Waals surface area contributed by atoms with Crippen LogP contribution in [0.15, 0.2) is 82.5 Å². The highest BCUT2D eigenvalue weighted by atomic mass is 32.2. The van der Waals surface area contributed by atoms with Crippen molar-refractivity contribution in [3.8, 4) is 0 Å². The van der Waals surface area contributed by atoms with Gasteiger partial charge in [-0.25, -0.2) is 13.2 Å².